The maximum Gasteiger partial charge on any atom is 0.230 e. The molecule has 2 aromatic rings. The zero-order valence-electron chi connectivity index (χ0n) is 14.8. The van der Waals surface area contributed by atoms with Gasteiger partial charge in [-0.3, -0.25) is 9.78 Å². The van der Waals surface area contributed by atoms with E-state index in [1.54, 1.807) is 18.1 Å². The lowest BCUT2D eigenvalue weighted by molar-refractivity contribution is -0.130. The van der Waals surface area contributed by atoms with E-state index in [-0.39, 0.29) is 11.9 Å². The Bertz CT molecular complexity index is 710. The standard InChI is InChI=1S/C18H19N3O.C2H6/c1-3-17-20-16(11-18(22)21(17)2)14-7-4-6-13(10-14)15-8-5-9-19-12-15;1-2/h3-10,12,16,20H,11H2,1-2H3;1-2H3/b17-3-;. The Hall–Kier alpha value is -2.62. The topological polar surface area (TPSA) is 45.2 Å². The largest absolute Gasteiger partial charge is 0.364 e. The van der Waals surface area contributed by atoms with Crippen molar-refractivity contribution in [3.05, 3.63) is 66.3 Å². The Morgan fingerprint density at radius 3 is 2.62 bits per heavy atom. The van der Waals surface area contributed by atoms with Crippen molar-refractivity contribution in [2.75, 3.05) is 7.05 Å². The van der Waals surface area contributed by atoms with Crippen molar-refractivity contribution in [1.82, 2.24) is 15.2 Å². The molecular formula is C20H25N3O. The van der Waals surface area contributed by atoms with Crippen LogP contribution in [0.25, 0.3) is 11.1 Å². The number of pyridine rings is 1. The van der Waals surface area contributed by atoms with Crippen LogP contribution < -0.4 is 5.32 Å². The normalized spacial score (nSPS) is 18.7. The molecule has 1 unspecified atom stereocenters. The number of amides is 1. The average molecular weight is 323 g/mol. The Morgan fingerprint density at radius 1 is 1.21 bits per heavy atom. The van der Waals surface area contributed by atoms with Crippen molar-refractivity contribution >= 4 is 5.91 Å². The minimum Gasteiger partial charge on any atom is -0.364 e. The van der Waals surface area contributed by atoms with Gasteiger partial charge in [-0.25, -0.2) is 0 Å². The number of aromatic nitrogens is 1. The molecule has 1 amide bonds. The van der Waals surface area contributed by atoms with Crippen LogP contribution >= 0.6 is 0 Å². The highest BCUT2D eigenvalue weighted by Crippen LogP contribution is 2.28. The summed E-state index contributed by atoms with van der Waals surface area (Å²) in [6.07, 6.45) is 6.01. The third-order valence-corrected chi connectivity index (χ3v) is 3.99. The van der Waals surface area contributed by atoms with Gasteiger partial charge in [-0.1, -0.05) is 38.1 Å². The summed E-state index contributed by atoms with van der Waals surface area (Å²) in [4.78, 5) is 18.0. The van der Waals surface area contributed by atoms with Gasteiger partial charge in [-0.15, -0.1) is 0 Å². The van der Waals surface area contributed by atoms with Gasteiger partial charge in [0.15, 0.2) is 0 Å². The number of allylic oxidation sites excluding steroid dienone is 1. The van der Waals surface area contributed by atoms with Crippen LogP contribution in [-0.2, 0) is 4.79 Å². The molecule has 1 aromatic heterocycles. The van der Waals surface area contributed by atoms with E-state index < -0.39 is 0 Å². The summed E-state index contributed by atoms with van der Waals surface area (Å²) in [5, 5.41) is 3.43. The van der Waals surface area contributed by atoms with E-state index in [2.05, 4.69) is 28.5 Å². The molecule has 0 radical (unpaired) electrons. The predicted octanol–water partition coefficient (Wildman–Crippen LogP) is 4.13. The van der Waals surface area contributed by atoms with Crippen LogP contribution in [0.5, 0.6) is 0 Å². The number of hydrogen-bond donors (Lipinski definition) is 1. The van der Waals surface area contributed by atoms with Gasteiger partial charge < -0.3 is 10.2 Å². The molecule has 3 rings (SSSR count). The first-order valence-electron chi connectivity index (χ1n) is 8.39. The highest BCUT2D eigenvalue weighted by molar-refractivity contribution is 5.80. The number of nitrogens with zero attached hydrogens (tertiary/aromatic N) is 2. The third-order valence-electron chi connectivity index (χ3n) is 3.99. The van der Waals surface area contributed by atoms with Gasteiger partial charge in [0.25, 0.3) is 0 Å². The molecule has 1 atom stereocenters. The zero-order chi connectivity index (χ0) is 17.5. The van der Waals surface area contributed by atoms with Gasteiger partial charge >= 0.3 is 0 Å². The number of hydrogen-bond acceptors (Lipinski definition) is 3. The van der Waals surface area contributed by atoms with Crippen molar-refractivity contribution in [1.29, 1.82) is 0 Å². The molecule has 1 aliphatic heterocycles. The third kappa shape index (κ3) is 3.82. The number of rotatable bonds is 2. The molecule has 0 saturated carbocycles. The Balaban J connectivity index is 0.00000100. The number of carbonyl (C=O) groups is 1. The lowest BCUT2D eigenvalue weighted by Gasteiger charge is -2.33. The van der Waals surface area contributed by atoms with Crippen LogP contribution in [0.3, 0.4) is 0 Å². The van der Waals surface area contributed by atoms with Crippen LogP contribution in [0.4, 0.5) is 0 Å². The number of benzene rings is 1. The first-order valence-corrected chi connectivity index (χ1v) is 8.39. The molecule has 4 nitrogen and oxygen atoms in total. The quantitative estimate of drug-likeness (QED) is 0.904. The minimum absolute atomic E-state index is 0.00604. The smallest absolute Gasteiger partial charge is 0.230 e. The summed E-state index contributed by atoms with van der Waals surface area (Å²) in [6, 6.07) is 12.2. The van der Waals surface area contributed by atoms with E-state index in [1.807, 2.05) is 51.2 Å². The van der Waals surface area contributed by atoms with Crippen molar-refractivity contribution in [3.63, 3.8) is 0 Å². The summed E-state index contributed by atoms with van der Waals surface area (Å²) in [5.74, 6) is 0.983. The second-order valence-corrected chi connectivity index (χ2v) is 5.39. The fourth-order valence-electron chi connectivity index (χ4n) is 2.72. The van der Waals surface area contributed by atoms with Gasteiger partial charge in [0, 0.05) is 19.4 Å². The lowest BCUT2D eigenvalue weighted by atomic mass is 9.97. The molecule has 24 heavy (non-hydrogen) atoms. The van der Waals surface area contributed by atoms with E-state index in [4.69, 9.17) is 0 Å². The molecule has 0 bridgehead atoms. The van der Waals surface area contributed by atoms with E-state index in [1.165, 1.54) is 0 Å². The molecule has 1 N–H and O–H groups in total. The maximum atomic E-state index is 12.1. The van der Waals surface area contributed by atoms with Crippen LogP contribution in [0, 0.1) is 0 Å². The molecule has 4 heteroatoms. The Kier molecular flexibility index (Phi) is 6.13. The SMILES string of the molecule is C/C=C1/NC(c2cccc(-c3cccnc3)c2)CC(=O)N1C.CC. The van der Waals surface area contributed by atoms with Gasteiger partial charge in [-0.05, 0) is 41.8 Å². The Labute approximate surface area is 144 Å². The minimum atomic E-state index is 0.00604. The van der Waals surface area contributed by atoms with Crippen LogP contribution in [0.1, 0.15) is 38.8 Å². The van der Waals surface area contributed by atoms with Crippen LogP contribution in [-0.4, -0.2) is 22.8 Å². The zero-order valence-corrected chi connectivity index (χ0v) is 14.8. The highest BCUT2D eigenvalue weighted by atomic mass is 16.2. The summed E-state index contributed by atoms with van der Waals surface area (Å²) in [5.41, 5.74) is 3.30. The molecule has 1 saturated heterocycles. The first kappa shape index (κ1) is 17.7. The van der Waals surface area contributed by atoms with Crippen LogP contribution in [0.2, 0.25) is 0 Å². The summed E-state index contributed by atoms with van der Waals surface area (Å²) in [7, 11) is 1.80. The van der Waals surface area contributed by atoms with Gasteiger partial charge in [0.05, 0.1) is 12.5 Å². The van der Waals surface area contributed by atoms with E-state index in [0.717, 1.165) is 22.5 Å². The number of carbonyl (C=O) groups excluding carboxylic acids is 1. The van der Waals surface area contributed by atoms with Crippen molar-refractivity contribution in [2.24, 2.45) is 0 Å². The second kappa shape index (κ2) is 8.29. The fraction of sp³-hybridized carbons (Fsp3) is 0.300. The van der Waals surface area contributed by atoms with Crippen molar-refractivity contribution in [2.45, 2.75) is 33.2 Å². The average Bonchev–Trinajstić information content (AvgIpc) is 2.66. The Morgan fingerprint density at radius 2 is 1.96 bits per heavy atom. The molecule has 126 valence electrons. The number of nitrogens with one attached hydrogen (secondary N) is 1. The summed E-state index contributed by atoms with van der Waals surface area (Å²) in [6.45, 7) is 5.93. The van der Waals surface area contributed by atoms with Crippen molar-refractivity contribution in [3.8, 4) is 11.1 Å². The summed E-state index contributed by atoms with van der Waals surface area (Å²) >= 11 is 0. The van der Waals surface area contributed by atoms with Crippen LogP contribution in [0.15, 0.2) is 60.7 Å². The monoisotopic (exact) mass is 323 g/mol. The highest BCUT2D eigenvalue weighted by Gasteiger charge is 2.27. The molecule has 1 aliphatic rings. The van der Waals surface area contributed by atoms with Gasteiger partial charge in [-0.2, -0.15) is 0 Å². The van der Waals surface area contributed by atoms with Crippen molar-refractivity contribution < 1.29 is 4.79 Å². The fourth-order valence-corrected chi connectivity index (χ4v) is 2.72. The molecule has 0 aliphatic carbocycles. The first-order chi connectivity index (χ1) is 11.7. The molecular weight excluding hydrogens is 298 g/mol. The molecule has 1 aromatic carbocycles. The van der Waals surface area contributed by atoms with Gasteiger partial charge in [0.1, 0.15) is 5.82 Å². The molecule has 0 spiro atoms. The van der Waals surface area contributed by atoms with E-state index >= 15 is 0 Å². The predicted molar refractivity (Wildman–Crippen MR) is 98.0 cm³/mol. The van der Waals surface area contributed by atoms with E-state index in [0.29, 0.717) is 6.42 Å². The van der Waals surface area contributed by atoms with Gasteiger partial charge in [0.2, 0.25) is 5.91 Å². The molecule has 2 heterocycles. The molecule has 1 fully saturated rings. The second-order valence-electron chi connectivity index (χ2n) is 5.39. The maximum absolute atomic E-state index is 12.1. The van der Waals surface area contributed by atoms with E-state index in [9.17, 15) is 4.79 Å². The summed E-state index contributed by atoms with van der Waals surface area (Å²) < 4.78 is 0. The lowest BCUT2D eigenvalue weighted by Crippen LogP contribution is -2.42.